The molecule has 0 atom stereocenters. The van der Waals surface area contributed by atoms with E-state index in [1.54, 1.807) is 7.05 Å². The van der Waals surface area contributed by atoms with Crippen molar-refractivity contribution in [1.82, 2.24) is 8.61 Å². The Morgan fingerprint density at radius 1 is 1.47 bits per heavy atom. The highest BCUT2D eigenvalue weighted by atomic mass is 35.5. The van der Waals surface area contributed by atoms with E-state index in [1.165, 1.54) is 8.61 Å². The van der Waals surface area contributed by atoms with Crippen molar-refractivity contribution in [3.8, 4) is 0 Å². The molecule has 1 heterocycles. The van der Waals surface area contributed by atoms with Gasteiger partial charge in [0.05, 0.1) is 12.2 Å². The molecule has 0 N–H and O–H groups in total. The van der Waals surface area contributed by atoms with Crippen LogP contribution in [0.5, 0.6) is 0 Å². The molecule has 1 saturated heterocycles. The van der Waals surface area contributed by atoms with Gasteiger partial charge >= 0.3 is 0 Å². The molecule has 1 aliphatic rings. The minimum atomic E-state index is -3.38. The fourth-order valence-electron chi connectivity index (χ4n) is 1.76. The Kier molecular flexibility index (Phi) is 5.21. The van der Waals surface area contributed by atoms with Crippen LogP contribution in [0.2, 0.25) is 0 Å². The molecular formula is C10H21ClN2O3S. The predicted octanol–water partition coefficient (Wildman–Crippen LogP) is 0.903. The van der Waals surface area contributed by atoms with Gasteiger partial charge in [0, 0.05) is 32.6 Å². The Labute approximate surface area is 109 Å². The molecule has 0 bridgehead atoms. The second kappa shape index (κ2) is 5.84. The Morgan fingerprint density at radius 2 is 2.12 bits per heavy atom. The van der Waals surface area contributed by atoms with E-state index in [2.05, 4.69) is 0 Å². The second-order valence-electron chi connectivity index (χ2n) is 4.81. The van der Waals surface area contributed by atoms with Crippen molar-refractivity contribution in [1.29, 1.82) is 0 Å². The van der Waals surface area contributed by atoms with Gasteiger partial charge < -0.3 is 4.74 Å². The summed E-state index contributed by atoms with van der Waals surface area (Å²) in [6.45, 7) is 5.48. The molecule has 0 aliphatic carbocycles. The van der Waals surface area contributed by atoms with Crippen LogP contribution in [0.15, 0.2) is 0 Å². The first-order chi connectivity index (χ1) is 7.79. The van der Waals surface area contributed by atoms with Crippen LogP contribution >= 0.6 is 11.6 Å². The van der Waals surface area contributed by atoms with Crippen molar-refractivity contribution in [2.75, 3.05) is 39.2 Å². The van der Waals surface area contributed by atoms with Crippen LogP contribution < -0.4 is 0 Å². The van der Waals surface area contributed by atoms with Crippen molar-refractivity contribution in [3.63, 3.8) is 0 Å². The van der Waals surface area contributed by atoms with Crippen molar-refractivity contribution >= 4 is 21.8 Å². The quantitative estimate of drug-likeness (QED) is 0.705. The molecule has 0 radical (unpaired) electrons. The molecule has 0 aromatic rings. The normalized spacial score (nSPS) is 21.9. The van der Waals surface area contributed by atoms with E-state index in [-0.39, 0.29) is 0 Å². The average molecular weight is 285 g/mol. The summed E-state index contributed by atoms with van der Waals surface area (Å²) in [7, 11) is -1.79. The highest BCUT2D eigenvalue weighted by molar-refractivity contribution is 7.86. The molecule has 102 valence electrons. The van der Waals surface area contributed by atoms with E-state index in [1.807, 2.05) is 13.8 Å². The zero-order valence-electron chi connectivity index (χ0n) is 10.6. The monoisotopic (exact) mass is 284 g/mol. The largest absolute Gasteiger partial charge is 0.373 e. The van der Waals surface area contributed by atoms with Gasteiger partial charge in [-0.2, -0.15) is 17.0 Å². The molecule has 0 saturated carbocycles. The molecule has 1 fully saturated rings. The van der Waals surface area contributed by atoms with E-state index in [0.717, 1.165) is 0 Å². The van der Waals surface area contributed by atoms with Gasteiger partial charge in [0.2, 0.25) is 0 Å². The number of morpholine rings is 1. The Hall–Kier alpha value is 0.120. The maximum atomic E-state index is 12.2. The zero-order valence-corrected chi connectivity index (χ0v) is 12.2. The minimum absolute atomic E-state index is 0.389. The van der Waals surface area contributed by atoms with E-state index >= 15 is 0 Å². The molecule has 7 heteroatoms. The van der Waals surface area contributed by atoms with E-state index in [0.29, 0.717) is 38.5 Å². The molecule has 5 nitrogen and oxygen atoms in total. The molecule has 0 amide bonds. The number of alkyl halides is 1. The van der Waals surface area contributed by atoms with Crippen LogP contribution in [0.4, 0.5) is 0 Å². The third-order valence-corrected chi connectivity index (χ3v) is 4.92. The number of rotatable bonds is 5. The smallest absolute Gasteiger partial charge is 0.281 e. The van der Waals surface area contributed by atoms with Crippen molar-refractivity contribution in [2.45, 2.75) is 25.9 Å². The van der Waals surface area contributed by atoms with Gasteiger partial charge in [-0.3, -0.25) is 0 Å². The van der Waals surface area contributed by atoms with Crippen molar-refractivity contribution < 1.29 is 13.2 Å². The van der Waals surface area contributed by atoms with Gasteiger partial charge in [-0.05, 0) is 20.3 Å². The minimum Gasteiger partial charge on any atom is -0.373 e. The van der Waals surface area contributed by atoms with E-state index in [9.17, 15) is 8.42 Å². The molecule has 1 rings (SSSR count). The van der Waals surface area contributed by atoms with Crippen LogP contribution in [0.3, 0.4) is 0 Å². The first kappa shape index (κ1) is 15.2. The first-order valence-electron chi connectivity index (χ1n) is 5.71. The third-order valence-electron chi connectivity index (χ3n) is 2.72. The molecule has 0 unspecified atom stereocenters. The van der Waals surface area contributed by atoms with Crippen LogP contribution in [0.25, 0.3) is 0 Å². The molecule has 1 aliphatic heterocycles. The maximum absolute atomic E-state index is 12.2. The Balaban J connectivity index is 2.69. The summed E-state index contributed by atoms with van der Waals surface area (Å²) in [5, 5.41) is 0. The molecule has 0 spiro atoms. The SMILES string of the molecule is CN(CCCCl)S(=O)(=O)N1CCOC(C)(C)C1. The van der Waals surface area contributed by atoms with Crippen molar-refractivity contribution in [2.24, 2.45) is 0 Å². The number of halogens is 1. The highest BCUT2D eigenvalue weighted by Crippen LogP contribution is 2.20. The summed E-state index contributed by atoms with van der Waals surface area (Å²) in [4.78, 5) is 0. The average Bonchev–Trinajstić information content (AvgIpc) is 2.24. The lowest BCUT2D eigenvalue weighted by atomic mass is 10.1. The predicted molar refractivity (Wildman–Crippen MR) is 68.5 cm³/mol. The first-order valence-corrected chi connectivity index (χ1v) is 7.64. The summed E-state index contributed by atoms with van der Waals surface area (Å²) in [6, 6.07) is 0. The number of ether oxygens (including phenoxy) is 1. The second-order valence-corrected chi connectivity index (χ2v) is 7.23. The van der Waals surface area contributed by atoms with E-state index in [4.69, 9.17) is 16.3 Å². The van der Waals surface area contributed by atoms with Crippen LogP contribution in [0.1, 0.15) is 20.3 Å². The summed E-state index contributed by atoms with van der Waals surface area (Å²) >= 11 is 5.57. The van der Waals surface area contributed by atoms with Crippen LogP contribution in [0, 0.1) is 0 Å². The van der Waals surface area contributed by atoms with Gasteiger partial charge in [-0.15, -0.1) is 11.6 Å². The molecule has 17 heavy (non-hydrogen) atoms. The molecule has 0 aromatic heterocycles. The highest BCUT2D eigenvalue weighted by Gasteiger charge is 2.35. The number of hydrogen-bond donors (Lipinski definition) is 0. The fourth-order valence-corrected chi connectivity index (χ4v) is 3.42. The van der Waals surface area contributed by atoms with Gasteiger partial charge in [0.25, 0.3) is 10.2 Å². The van der Waals surface area contributed by atoms with Gasteiger partial charge in [0.1, 0.15) is 0 Å². The third kappa shape index (κ3) is 4.06. The maximum Gasteiger partial charge on any atom is 0.281 e. The lowest BCUT2D eigenvalue weighted by Crippen LogP contribution is -2.54. The molecule has 0 aromatic carbocycles. The topological polar surface area (TPSA) is 49.9 Å². The number of hydrogen-bond acceptors (Lipinski definition) is 3. The van der Waals surface area contributed by atoms with Crippen LogP contribution in [-0.2, 0) is 14.9 Å². The van der Waals surface area contributed by atoms with E-state index < -0.39 is 15.8 Å². The number of nitrogens with zero attached hydrogens (tertiary/aromatic N) is 2. The lowest BCUT2D eigenvalue weighted by Gasteiger charge is -2.38. The van der Waals surface area contributed by atoms with Gasteiger partial charge in [-0.25, -0.2) is 0 Å². The lowest BCUT2D eigenvalue weighted by molar-refractivity contribution is -0.0650. The summed E-state index contributed by atoms with van der Waals surface area (Å²) in [5.41, 5.74) is -0.418. The fraction of sp³-hybridized carbons (Fsp3) is 1.00. The summed E-state index contributed by atoms with van der Waals surface area (Å²) in [6.07, 6.45) is 0.658. The van der Waals surface area contributed by atoms with Crippen molar-refractivity contribution in [3.05, 3.63) is 0 Å². The van der Waals surface area contributed by atoms with Crippen LogP contribution in [-0.4, -0.2) is 61.8 Å². The summed E-state index contributed by atoms with van der Waals surface area (Å²) in [5.74, 6) is 0.467. The Morgan fingerprint density at radius 3 is 2.65 bits per heavy atom. The zero-order chi connectivity index (χ0) is 13.1. The Bertz CT molecular complexity index is 345. The summed E-state index contributed by atoms with van der Waals surface area (Å²) < 4.78 is 32.8. The molecular weight excluding hydrogens is 264 g/mol. The van der Waals surface area contributed by atoms with Gasteiger partial charge in [-0.1, -0.05) is 0 Å². The standard InChI is InChI=1S/C10H21ClN2O3S/c1-10(2)9-13(7-8-16-10)17(14,15)12(3)6-4-5-11/h4-9H2,1-3H3. The van der Waals surface area contributed by atoms with Gasteiger partial charge in [0.15, 0.2) is 0 Å².